The third-order valence-corrected chi connectivity index (χ3v) is 9.03. The van der Waals surface area contributed by atoms with Crippen molar-refractivity contribution in [2.24, 2.45) is 0 Å². The topological polar surface area (TPSA) is 163 Å². The molecule has 1 fully saturated rings. The highest BCUT2D eigenvalue weighted by Gasteiger charge is 2.31. The lowest BCUT2D eigenvalue weighted by molar-refractivity contribution is -0.394. The van der Waals surface area contributed by atoms with Gasteiger partial charge in [-0.25, -0.2) is 8.42 Å². The zero-order valence-electron chi connectivity index (χ0n) is 18.9. The van der Waals surface area contributed by atoms with E-state index in [0.29, 0.717) is 12.3 Å². The standard InChI is InChI=1S/C21H20ClN5O7S2/c1-13-4-2-3-9-25(13)36(32,33)16-7-5-14(6-8-16)12-35-21-24-23-20(34-21)17-10-15(26(28)29)11-18(19(17)22)27(30)31/h5-8,10-11,13H,2-4,9,12H2,1H3. The summed E-state index contributed by atoms with van der Waals surface area (Å²) in [6.45, 7) is 2.43. The Kier molecular flexibility index (Phi) is 7.59. The zero-order chi connectivity index (χ0) is 26.0. The number of thioether (sulfide) groups is 1. The van der Waals surface area contributed by atoms with E-state index in [-0.39, 0.29) is 32.6 Å². The van der Waals surface area contributed by atoms with Gasteiger partial charge < -0.3 is 4.42 Å². The highest BCUT2D eigenvalue weighted by atomic mass is 35.5. The summed E-state index contributed by atoms with van der Waals surface area (Å²) in [6.07, 6.45) is 2.71. The number of sulfonamides is 1. The normalized spacial score (nSPS) is 16.7. The maximum absolute atomic E-state index is 13.0. The van der Waals surface area contributed by atoms with E-state index in [9.17, 15) is 28.6 Å². The number of aromatic nitrogens is 2. The summed E-state index contributed by atoms with van der Waals surface area (Å²) < 4.78 is 33.0. The van der Waals surface area contributed by atoms with Crippen LogP contribution in [-0.4, -0.2) is 45.4 Å². The molecule has 2 heterocycles. The molecule has 1 aromatic heterocycles. The van der Waals surface area contributed by atoms with Gasteiger partial charge >= 0.3 is 0 Å². The summed E-state index contributed by atoms with van der Waals surface area (Å²) in [6, 6.07) is 8.28. The van der Waals surface area contributed by atoms with Crippen LogP contribution >= 0.6 is 23.4 Å². The second kappa shape index (κ2) is 10.5. The Balaban J connectivity index is 1.48. The molecule has 0 N–H and O–H groups in total. The smallest absolute Gasteiger partial charge is 0.295 e. The summed E-state index contributed by atoms with van der Waals surface area (Å²) in [4.78, 5) is 21.0. The Hall–Kier alpha value is -3.07. The molecule has 12 nitrogen and oxygen atoms in total. The van der Waals surface area contributed by atoms with Gasteiger partial charge in [-0.2, -0.15) is 4.31 Å². The lowest BCUT2D eigenvalue weighted by Gasteiger charge is -2.32. The fourth-order valence-corrected chi connectivity index (χ4v) is 6.51. The maximum atomic E-state index is 13.0. The van der Waals surface area contributed by atoms with Crippen molar-refractivity contribution in [3.05, 3.63) is 67.2 Å². The number of non-ortho nitro benzene ring substituents is 1. The van der Waals surface area contributed by atoms with Crippen LogP contribution in [0.1, 0.15) is 31.7 Å². The minimum atomic E-state index is -3.57. The minimum absolute atomic E-state index is 0.0355. The van der Waals surface area contributed by atoms with Crippen LogP contribution in [0.4, 0.5) is 11.4 Å². The molecule has 15 heteroatoms. The van der Waals surface area contributed by atoms with E-state index in [1.807, 2.05) is 6.92 Å². The summed E-state index contributed by atoms with van der Waals surface area (Å²) in [7, 11) is -3.57. The van der Waals surface area contributed by atoms with E-state index in [0.717, 1.165) is 48.7 Å². The number of halogens is 1. The molecule has 0 spiro atoms. The lowest BCUT2D eigenvalue weighted by Crippen LogP contribution is -2.41. The molecule has 1 aliphatic heterocycles. The lowest BCUT2D eigenvalue weighted by atomic mass is 10.1. The molecule has 1 aliphatic rings. The largest absolute Gasteiger partial charge is 0.411 e. The Morgan fingerprint density at radius 1 is 1.14 bits per heavy atom. The van der Waals surface area contributed by atoms with Crippen LogP contribution in [0.5, 0.6) is 0 Å². The molecule has 0 aliphatic carbocycles. The van der Waals surface area contributed by atoms with Crippen LogP contribution in [0.2, 0.25) is 5.02 Å². The molecule has 0 saturated carbocycles. The summed E-state index contributed by atoms with van der Waals surface area (Å²) in [5.74, 6) is 0.164. The molecular formula is C21H20ClN5O7S2. The van der Waals surface area contributed by atoms with Gasteiger partial charge in [-0.1, -0.05) is 41.9 Å². The highest BCUT2D eigenvalue weighted by Crippen LogP contribution is 2.39. The summed E-state index contributed by atoms with van der Waals surface area (Å²) in [5.41, 5.74) is -0.516. The van der Waals surface area contributed by atoms with Gasteiger partial charge in [0.1, 0.15) is 5.02 Å². The van der Waals surface area contributed by atoms with Crippen LogP contribution < -0.4 is 0 Å². The van der Waals surface area contributed by atoms with Crippen molar-refractivity contribution < 1.29 is 22.7 Å². The Morgan fingerprint density at radius 3 is 2.50 bits per heavy atom. The zero-order valence-corrected chi connectivity index (χ0v) is 21.3. The molecule has 2 aromatic carbocycles. The minimum Gasteiger partial charge on any atom is -0.411 e. The second-order valence-corrected chi connectivity index (χ2v) is 11.3. The number of nitrogens with zero attached hydrogens (tertiary/aromatic N) is 5. The fourth-order valence-electron chi connectivity index (χ4n) is 3.83. The van der Waals surface area contributed by atoms with Gasteiger partial charge in [0, 0.05) is 24.4 Å². The first-order chi connectivity index (χ1) is 17.1. The van der Waals surface area contributed by atoms with Crippen molar-refractivity contribution in [2.45, 2.75) is 48.1 Å². The van der Waals surface area contributed by atoms with Gasteiger partial charge in [0.15, 0.2) is 0 Å². The van der Waals surface area contributed by atoms with E-state index >= 15 is 0 Å². The van der Waals surface area contributed by atoms with Gasteiger partial charge in [-0.05, 0) is 37.5 Å². The number of hydrogen-bond acceptors (Lipinski definition) is 10. The van der Waals surface area contributed by atoms with Crippen molar-refractivity contribution in [2.75, 3.05) is 6.54 Å². The Labute approximate surface area is 215 Å². The first kappa shape index (κ1) is 26.0. The Morgan fingerprint density at radius 2 is 1.86 bits per heavy atom. The van der Waals surface area contributed by atoms with Gasteiger partial charge in [0.2, 0.25) is 10.0 Å². The van der Waals surface area contributed by atoms with E-state index in [1.54, 1.807) is 28.6 Å². The molecule has 0 radical (unpaired) electrons. The second-order valence-electron chi connectivity index (χ2n) is 8.11. The first-order valence-electron chi connectivity index (χ1n) is 10.8. The molecule has 0 bridgehead atoms. The number of benzene rings is 2. The molecule has 1 saturated heterocycles. The monoisotopic (exact) mass is 553 g/mol. The third kappa shape index (κ3) is 5.36. The van der Waals surface area contributed by atoms with Crippen LogP contribution in [0, 0.1) is 20.2 Å². The fraction of sp³-hybridized carbons (Fsp3) is 0.333. The molecular weight excluding hydrogens is 534 g/mol. The van der Waals surface area contributed by atoms with E-state index in [2.05, 4.69) is 10.2 Å². The molecule has 190 valence electrons. The van der Waals surface area contributed by atoms with Gasteiger partial charge in [0.05, 0.1) is 26.4 Å². The van der Waals surface area contributed by atoms with E-state index in [1.165, 1.54) is 0 Å². The van der Waals surface area contributed by atoms with Crippen molar-refractivity contribution in [3.8, 4) is 11.5 Å². The predicted octanol–water partition coefficient (Wildman–Crippen LogP) is 5.06. The Bertz CT molecular complexity index is 1410. The van der Waals surface area contributed by atoms with Crippen LogP contribution in [0.25, 0.3) is 11.5 Å². The quantitative estimate of drug-likeness (QED) is 0.209. The average molecular weight is 554 g/mol. The number of piperidine rings is 1. The number of hydrogen-bond donors (Lipinski definition) is 0. The van der Waals surface area contributed by atoms with Gasteiger partial charge in [-0.15, -0.1) is 10.2 Å². The highest BCUT2D eigenvalue weighted by molar-refractivity contribution is 7.98. The van der Waals surface area contributed by atoms with Gasteiger partial charge in [-0.3, -0.25) is 20.2 Å². The van der Waals surface area contributed by atoms with Crippen molar-refractivity contribution in [1.29, 1.82) is 0 Å². The van der Waals surface area contributed by atoms with Crippen molar-refractivity contribution in [1.82, 2.24) is 14.5 Å². The van der Waals surface area contributed by atoms with Crippen molar-refractivity contribution in [3.63, 3.8) is 0 Å². The molecule has 1 unspecified atom stereocenters. The molecule has 0 amide bonds. The summed E-state index contributed by atoms with van der Waals surface area (Å²) in [5, 5.41) is 29.8. The van der Waals surface area contributed by atoms with E-state index < -0.39 is 31.2 Å². The summed E-state index contributed by atoms with van der Waals surface area (Å²) >= 11 is 7.21. The van der Waals surface area contributed by atoms with Crippen LogP contribution in [-0.2, 0) is 15.8 Å². The SMILES string of the molecule is CC1CCCCN1S(=O)(=O)c1ccc(CSc2nnc(-c3cc([N+](=O)[O-])cc([N+](=O)[O-])c3Cl)o2)cc1. The van der Waals surface area contributed by atoms with Crippen molar-refractivity contribution >= 4 is 44.8 Å². The number of nitro benzene ring substituents is 2. The van der Waals surface area contributed by atoms with Gasteiger partial charge in [0.25, 0.3) is 22.5 Å². The molecule has 1 atom stereocenters. The molecule has 4 rings (SSSR count). The first-order valence-corrected chi connectivity index (χ1v) is 13.6. The maximum Gasteiger partial charge on any atom is 0.295 e. The average Bonchev–Trinajstić information content (AvgIpc) is 3.32. The third-order valence-electron chi connectivity index (χ3n) is 5.72. The van der Waals surface area contributed by atoms with E-state index in [4.69, 9.17) is 16.0 Å². The molecule has 3 aromatic rings. The number of rotatable bonds is 8. The number of nitro groups is 2. The van der Waals surface area contributed by atoms with Crippen LogP contribution in [0.15, 0.2) is 50.9 Å². The predicted molar refractivity (Wildman–Crippen MR) is 131 cm³/mol. The van der Waals surface area contributed by atoms with Crippen LogP contribution in [0.3, 0.4) is 0 Å². The molecule has 36 heavy (non-hydrogen) atoms.